The fraction of sp³-hybridized carbons (Fsp3) is 0.812. The molecule has 1 saturated heterocycles. The molecule has 130 valence electrons. The molecule has 1 fully saturated rings. The second-order valence-electron chi connectivity index (χ2n) is 7.24. The Morgan fingerprint density at radius 1 is 1.43 bits per heavy atom. The van der Waals surface area contributed by atoms with Gasteiger partial charge in [0.05, 0.1) is 18.6 Å². The Labute approximate surface area is 138 Å². The molecule has 0 radical (unpaired) electrons. The Kier molecular flexibility index (Phi) is 5.75. The van der Waals surface area contributed by atoms with Crippen molar-refractivity contribution in [2.24, 2.45) is 5.73 Å². The fourth-order valence-electron chi connectivity index (χ4n) is 3.05. The topological polar surface area (TPSA) is 86.3 Å². The number of amides is 1. The number of rotatable bonds is 6. The number of carbonyl (C=O) groups excluding carboxylic acids is 1. The van der Waals surface area contributed by atoms with E-state index in [-0.39, 0.29) is 12.0 Å². The summed E-state index contributed by atoms with van der Waals surface area (Å²) in [6.45, 7) is 10.0. The zero-order valence-corrected chi connectivity index (χ0v) is 14.7. The first-order valence-corrected chi connectivity index (χ1v) is 8.27. The highest BCUT2D eigenvalue weighted by Gasteiger charge is 2.30. The molecule has 0 saturated carbocycles. The number of aromatic nitrogens is 3. The van der Waals surface area contributed by atoms with Gasteiger partial charge in [-0.25, -0.2) is 9.67 Å². The van der Waals surface area contributed by atoms with Gasteiger partial charge in [0.15, 0.2) is 5.82 Å². The van der Waals surface area contributed by atoms with E-state index >= 15 is 0 Å². The second kappa shape index (κ2) is 7.40. The third kappa shape index (κ3) is 4.75. The predicted molar refractivity (Wildman–Crippen MR) is 88.2 cm³/mol. The zero-order chi connectivity index (χ0) is 17.0. The molecule has 1 unspecified atom stereocenters. The van der Waals surface area contributed by atoms with Gasteiger partial charge >= 0.3 is 0 Å². The number of hydrogen-bond acceptors (Lipinski definition) is 5. The van der Waals surface area contributed by atoms with Gasteiger partial charge in [0.2, 0.25) is 5.91 Å². The summed E-state index contributed by atoms with van der Waals surface area (Å²) in [6, 6.07) is 0. The van der Waals surface area contributed by atoms with E-state index in [9.17, 15) is 4.79 Å². The first-order valence-electron chi connectivity index (χ1n) is 8.27. The van der Waals surface area contributed by atoms with Gasteiger partial charge in [-0.3, -0.25) is 4.79 Å². The number of primary amides is 1. The van der Waals surface area contributed by atoms with Gasteiger partial charge in [0.25, 0.3) is 0 Å². The van der Waals surface area contributed by atoms with Crippen molar-refractivity contribution in [3.63, 3.8) is 0 Å². The smallest absolute Gasteiger partial charge is 0.225 e. The number of hydrogen-bond donors (Lipinski definition) is 1. The Morgan fingerprint density at radius 3 is 2.78 bits per heavy atom. The van der Waals surface area contributed by atoms with Crippen LogP contribution in [0.15, 0.2) is 0 Å². The number of ether oxygens (including phenoxy) is 1. The van der Waals surface area contributed by atoms with Crippen LogP contribution in [0.1, 0.15) is 51.2 Å². The van der Waals surface area contributed by atoms with Crippen molar-refractivity contribution in [3.8, 4) is 0 Å². The van der Waals surface area contributed by atoms with Crippen molar-refractivity contribution in [1.82, 2.24) is 19.7 Å². The van der Waals surface area contributed by atoms with Gasteiger partial charge < -0.3 is 15.4 Å². The van der Waals surface area contributed by atoms with Crippen LogP contribution in [-0.2, 0) is 21.5 Å². The summed E-state index contributed by atoms with van der Waals surface area (Å²) >= 11 is 0. The summed E-state index contributed by atoms with van der Waals surface area (Å²) in [5.41, 5.74) is 5.12. The molecular weight excluding hydrogens is 294 g/mol. The SMILES string of the molecule is COCCN1CCCC(c2nc(CC(N)=O)nn2C(C)(C)C)C1. The zero-order valence-electron chi connectivity index (χ0n) is 14.7. The average molecular weight is 323 g/mol. The number of likely N-dealkylation sites (tertiary alicyclic amines) is 1. The molecule has 1 aliphatic rings. The standard InChI is InChI=1S/C16H29N5O2/c1-16(2,3)21-15(18-14(19-21)10-13(17)22)12-6-5-7-20(11-12)8-9-23-4/h12H,5-11H2,1-4H3,(H2,17,22). The summed E-state index contributed by atoms with van der Waals surface area (Å²) in [5, 5.41) is 4.55. The lowest BCUT2D eigenvalue weighted by atomic mass is 9.96. The molecular formula is C16H29N5O2. The first-order chi connectivity index (χ1) is 10.8. The van der Waals surface area contributed by atoms with Gasteiger partial charge in [-0.05, 0) is 40.2 Å². The van der Waals surface area contributed by atoms with Crippen LogP contribution in [0.4, 0.5) is 0 Å². The van der Waals surface area contributed by atoms with Crippen LogP contribution in [0, 0.1) is 0 Å². The number of methoxy groups -OCH3 is 1. The van der Waals surface area contributed by atoms with E-state index in [1.165, 1.54) is 0 Å². The molecule has 1 aromatic heterocycles. The molecule has 0 aromatic carbocycles. The molecule has 2 heterocycles. The molecule has 2 N–H and O–H groups in total. The maximum Gasteiger partial charge on any atom is 0.225 e. The van der Waals surface area contributed by atoms with Gasteiger partial charge in [-0.2, -0.15) is 5.10 Å². The lowest BCUT2D eigenvalue weighted by molar-refractivity contribution is -0.117. The molecule has 1 aliphatic heterocycles. The summed E-state index contributed by atoms with van der Waals surface area (Å²) in [6.07, 6.45) is 2.32. The van der Waals surface area contributed by atoms with Crippen molar-refractivity contribution in [3.05, 3.63) is 11.6 Å². The highest BCUT2D eigenvalue weighted by atomic mass is 16.5. The van der Waals surface area contributed by atoms with Crippen molar-refractivity contribution >= 4 is 5.91 Å². The maximum atomic E-state index is 11.2. The molecule has 7 heteroatoms. The van der Waals surface area contributed by atoms with E-state index in [0.717, 1.165) is 44.9 Å². The van der Waals surface area contributed by atoms with Crippen LogP contribution in [0.5, 0.6) is 0 Å². The number of carbonyl (C=O) groups is 1. The lowest BCUT2D eigenvalue weighted by Gasteiger charge is -2.33. The molecule has 0 aliphatic carbocycles. The van der Waals surface area contributed by atoms with E-state index in [2.05, 4.69) is 35.8 Å². The Balaban J connectivity index is 2.22. The van der Waals surface area contributed by atoms with E-state index < -0.39 is 5.91 Å². The minimum Gasteiger partial charge on any atom is -0.383 e. The Bertz CT molecular complexity index is 535. The van der Waals surface area contributed by atoms with Crippen molar-refractivity contribution in [2.45, 2.75) is 51.5 Å². The Hall–Kier alpha value is -1.47. The van der Waals surface area contributed by atoms with Crippen LogP contribution in [0.3, 0.4) is 0 Å². The van der Waals surface area contributed by atoms with Crippen LogP contribution in [-0.4, -0.2) is 58.9 Å². The van der Waals surface area contributed by atoms with Crippen LogP contribution in [0.25, 0.3) is 0 Å². The van der Waals surface area contributed by atoms with E-state index in [4.69, 9.17) is 10.5 Å². The fourth-order valence-corrected chi connectivity index (χ4v) is 3.05. The van der Waals surface area contributed by atoms with E-state index in [0.29, 0.717) is 11.7 Å². The normalized spacial score (nSPS) is 19.9. The molecule has 2 rings (SSSR count). The van der Waals surface area contributed by atoms with Gasteiger partial charge in [0, 0.05) is 26.1 Å². The first kappa shape index (κ1) is 17.9. The monoisotopic (exact) mass is 323 g/mol. The quantitative estimate of drug-likeness (QED) is 0.840. The molecule has 1 amide bonds. The number of nitrogens with two attached hydrogens (primary N) is 1. The van der Waals surface area contributed by atoms with Gasteiger partial charge in [-0.15, -0.1) is 0 Å². The predicted octanol–water partition coefficient (Wildman–Crippen LogP) is 0.887. The minimum absolute atomic E-state index is 0.0934. The van der Waals surface area contributed by atoms with E-state index in [1.54, 1.807) is 7.11 Å². The van der Waals surface area contributed by atoms with Gasteiger partial charge in [0.1, 0.15) is 5.82 Å². The third-order valence-electron chi connectivity index (χ3n) is 4.13. The highest BCUT2D eigenvalue weighted by molar-refractivity contribution is 5.75. The summed E-state index contributed by atoms with van der Waals surface area (Å²) < 4.78 is 7.15. The average Bonchev–Trinajstić information content (AvgIpc) is 2.88. The highest BCUT2D eigenvalue weighted by Crippen LogP contribution is 2.28. The van der Waals surface area contributed by atoms with E-state index in [1.807, 2.05) is 4.68 Å². The lowest BCUT2D eigenvalue weighted by Crippen LogP contribution is -2.38. The van der Waals surface area contributed by atoms with Crippen LogP contribution in [0.2, 0.25) is 0 Å². The molecule has 23 heavy (non-hydrogen) atoms. The molecule has 1 aromatic rings. The summed E-state index contributed by atoms with van der Waals surface area (Å²) in [5.74, 6) is 1.43. The van der Waals surface area contributed by atoms with Gasteiger partial charge in [-0.1, -0.05) is 0 Å². The van der Waals surface area contributed by atoms with Crippen LogP contribution >= 0.6 is 0 Å². The summed E-state index contributed by atoms with van der Waals surface area (Å²) in [4.78, 5) is 18.3. The number of nitrogens with zero attached hydrogens (tertiary/aromatic N) is 4. The third-order valence-corrected chi connectivity index (χ3v) is 4.13. The van der Waals surface area contributed by atoms with Crippen molar-refractivity contribution in [1.29, 1.82) is 0 Å². The molecule has 0 bridgehead atoms. The van der Waals surface area contributed by atoms with Crippen molar-refractivity contribution < 1.29 is 9.53 Å². The summed E-state index contributed by atoms with van der Waals surface area (Å²) in [7, 11) is 1.73. The maximum absolute atomic E-state index is 11.2. The molecule has 0 spiro atoms. The van der Waals surface area contributed by atoms with Crippen LogP contribution < -0.4 is 5.73 Å². The Morgan fingerprint density at radius 2 is 2.17 bits per heavy atom. The number of piperidine rings is 1. The minimum atomic E-state index is -0.395. The molecule has 7 nitrogen and oxygen atoms in total. The van der Waals surface area contributed by atoms with Crippen molar-refractivity contribution in [2.75, 3.05) is 33.4 Å². The molecule has 1 atom stereocenters. The second-order valence-corrected chi connectivity index (χ2v) is 7.24. The largest absolute Gasteiger partial charge is 0.383 e.